The van der Waals surface area contributed by atoms with Gasteiger partial charge < -0.3 is 5.11 Å². The lowest BCUT2D eigenvalue weighted by Crippen LogP contribution is -2.52. The first kappa shape index (κ1) is 17.1. The number of benzene rings is 1. The molecule has 20 heavy (non-hydrogen) atoms. The molecule has 1 atom stereocenters. The number of thioether (sulfide) groups is 1. The topological polar surface area (TPSA) is 49.3 Å². The van der Waals surface area contributed by atoms with Gasteiger partial charge in [0.2, 0.25) is 0 Å². The first-order valence-corrected chi connectivity index (χ1v) is 8.32. The van der Waals surface area contributed by atoms with Crippen molar-refractivity contribution in [3.05, 3.63) is 35.9 Å². The van der Waals surface area contributed by atoms with Gasteiger partial charge in [0.1, 0.15) is 5.54 Å². The fourth-order valence-corrected chi connectivity index (χ4v) is 3.22. The van der Waals surface area contributed by atoms with Crippen molar-refractivity contribution in [2.45, 2.75) is 45.2 Å². The Morgan fingerprint density at radius 1 is 1.30 bits per heavy atom. The lowest BCUT2D eigenvalue weighted by molar-refractivity contribution is -0.146. The van der Waals surface area contributed by atoms with Crippen LogP contribution in [0.3, 0.4) is 0 Å². The molecule has 0 bridgehead atoms. The second kappa shape index (κ2) is 8.32. The highest BCUT2D eigenvalue weighted by Gasteiger charge is 2.40. The molecule has 1 aromatic rings. The van der Waals surface area contributed by atoms with Crippen molar-refractivity contribution >= 4 is 17.7 Å². The van der Waals surface area contributed by atoms with Gasteiger partial charge in [-0.05, 0) is 43.8 Å². The molecule has 112 valence electrons. The number of carboxylic acid groups (broad SMARTS) is 1. The Bertz CT molecular complexity index is 408. The van der Waals surface area contributed by atoms with E-state index in [1.165, 1.54) is 0 Å². The number of carbonyl (C=O) groups is 1. The normalized spacial score (nSPS) is 14.2. The largest absolute Gasteiger partial charge is 0.480 e. The molecule has 0 radical (unpaired) electrons. The zero-order valence-corrected chi connectivity index (χ0v) is 13.4. The fraction of sp³-hybridized carbons (Fsp3) is 0.562. The summed E-state index contributed by atoms with van der Waals surface area (Å²) in [6, 6.07) is 9.62. The standard InChI is InChI=1S/C16H25NO2S/c1-4-11-20-12-10-16(15(18)19,17-13(2)3)14-8-6-5-7-9-14/h5-9,13,17H,4,10-12H2,1-3H3,(H,18,19). The van der Waals surface area contributed by atoms with Gasteiger partial charge in [0, 0.05) is 6.04 Å². The summed E-state index contributed by atoms with van der Waals surface area (Å²) in [4.78, 5) is 11.9. The molecule has 4 heteroatoms. The predicted octanol–water partition coefficient (Wildman–Crippen LogP) is 3.50. The highest BCUT2D eigenvalue weighted by Crippen LogP contribution is 2.28. The summed E-state index contributed by atoms with van der Waals surface area (Å²) in [5.41, 5.74) is -0.158. The molecule has 0 aliphatic rings. The maximum absolute atomic E-state index is 11.9. The predicted molar refractivity (Wildman–Crippen MR) is 86.3 cm³/mol. The second-order valence-electron chi connectivity index (χ2n) is 5.24. The van der Waals surface area contributed by atoms with Gasteiger partial charge in [-0.15, -0.1) is 0 Å². The lowest BCUT2D eigenvalue weighted by Gasteiger charge is -2.33. The second-order valence-corrected chi connectivity index (χ2v) is 6.46. The van der Waals surface area contributed by atoms with E-state index in [1.54, 1.807) is 0 Å². The molecule has 0 saturated heterocycles. The molecular formula is C16H25NO2S. The summed E-state index contributed by atoms with van der Waals surface area (Å²) in [5, 5.41) is 13.1. The van der Waals surface area contributed by atoms with Crippen LogP contribution < -0.4 is 5.32 Å². The first-order chi connectivity index (χ1) is 9.53. The number of hydrogen-bond acceptors (Lipinski definition) is 3. The molecule has 1 unspecified atom stereocenters. The van der Waals surface area contributed by atoms with Gasteiger partial charge in [-0.3, -0.25) is 5.32 Å². The highest BCUT2D eigenvalue weighted by atomic mass is 32.2. The molecule has 2 N–H and O–H groups in total. The number of hydrogen-bond donors (Lipinski definition) is 2. The molecule has 3 nitrogen and oxygen atoms in total. The summed E-state index contributed by atoms with van der Waals surface area (Å²) >= 11 is 1.82. The van der Waals surface area contributed by atoms with Crippen molar-refractivity contribution in [2.24, 2.45) is 0 Å². The fourth-order valence-electron chi connectivity index (χ4n) is 2.28. The molecule has 0 aromatic heterocycles. The van der Waals surface area contributed by atoms with E-state index in [-0.39, 0.29) is 6.04 Å². The Morgan fingerprint density at radius 3 is 2.45 bits per heavy atom. The lowest BCUT2D eigenvalue weighted by atomic mass is 9.86. The average Bonchev–Trinajstić information content (AvgIpc) is 2.42. The molecule has 0 fully saturated rings. The smallest absolute Gasteiger partial charge is 0.328 e. The van der Waals surface area contributed by atoms with E-state index in [0.29, 0.717) is 6.42 Å². The summed E-state index contributed by atoms with van der Waals surface area (Å²) in [6.07, 6.45) is 1.71. The Kier molecular flexibility index (Phi) is 7.10. The average molecular weight is 295 g/mol. The molecule has 0 saturated carbocycles. The van der Waals surface area contributed by atoms with Crippen molar-refractivity contribution in [2.75, 3.05) is 11.5 Å². The number of nitrogens with one attached hydrogen (secondary N) is 1. The molecule has 1 rings (SSSR count). The Morgan fingerprint density at radius 2 is 1.95 bits per heavy atom. The molecule has 0 aliphatic heterocycles. The molecule has 1 aromatic carbocycles. The van der Waals surface area contributed by atoms with Crippen LogP contribution in [-0.2, 0) is 10.3 Å². The third-order valence-electron chi connectivity index (χ3n) is 3.14. The van der Waals surface area contributed by atoms with Gasteiger partial charge in [0.25, 0.3) is 0 Å². The van der Waals surface area contributed by atoms with Crippen molar-refractivity contribution < 1.29 is 9.90 Å². The number of carboxylic acids is 1. The third kappa shape index (κ3) is 4.53. The van der Waals surface area contributed by atoms with Crippen molar-refractivity contribution in [3.8, 4) is 0 Å². The minimum absolute atomic E-state index is 0.113. The van der Waals surface area contributed by atoms with Crippen LogP contribution in [0.1, 0.15) is 39.2 Å². The van der Waals surface area contributed by atoms with Gasteiger partial charge in [-0.1, -0.05) is 37.3 Å². The van der Waals surface area contributed by atoms with E-state index in [2.05, 4.69) is 12.2 Å². The highest BCUT2D eigenvalue weighted by molar-refractivity contribution is 7.99. The van der Waals surface area contributed by atoms with Gasteiger partial charge in [-0.2, -0.15) is 11.8 Å². The van der Waals surface area contributed by atoms with Crippen molar-refractivity contribution in [3.63, 3.8) is 0 Å². The van der Waals surface area contributed by atoms with Gasteiger partial charge in [0.15, 0.2) is 0 Å². The summed E-state index contributed by atoms with van der Waals surface area (Å²) < 4.78 is 0. The SMILES string of the molecule is CCCSCCC(NC(C)C)(C(=O)O)c1ccccc1. The van der Waals surface area contributed by atoms with Crippen molar-refractivity contribution in [1.29, 1.82) is 0 Å². The molecule has 0 heterocycles. The van der Waals surface area contributed by atoms with Gasteiger partial charge in [0.05, 0.1) is 0 Å². The van der Waals surface area contributed by atoms with E-state index in [0.717, 1.165) is 23.5 Å². The van der Waals surface area contributed by atoms with E-state index < -0.39 is 11.5 Å². The van der Waals surface area contributed by atoms with E-state index in [1.807, 2.05) is 55.9 Å². The van der Waals surface area contributed by atoms with Crippen LogP contribution in [0.25, 0.3) is 0 Å². The van der Waals surface area contributed by atoms with E-state index in [4.69, 9.17) is 0 Å². The maximum Gasteiger partial charge on any atom is 0.328 e. The molecule has 0 aliphatic carbocycles. The quantitative estimate of drug-likeness (QED) is 0.685. The van der Waals surface area contributed by atoms with Crippen LogP contribution in [0.15, 0.2) is 30.3 Å². The van der Waals surface area contributed by atoms with Gasteiger partial charge in [-0.25, -0.2) is 4.79 Å². The Hall–Kier alpha value is -1.00. The first-order valence-electron chi connectivity index (χ1n) is 7.17. The van der Waals surface area contributed by atoms with Crippen LogP contribution in [0.5, 0.6) is 0 Å². The van der Waals surface area contributed by atoms with Crippen molar-refractivity contribution in [1.82, 2.24) is 5.32 Å². The zero-order chi connectivity index (χ0) is 15.0. The number of rotatable bonds is 9. The molecule has 0 amide bonds. The summed E-state index contributed by atoms with van der Waals surface area (Å²) in [6.45, 7) is 6.11. The maximum atomic E-state index is 11.9. The number of aliphatic carboxylic acids is 1. The molecule has 0 spiro atoms. The van der Waals surface area contributed by atoms with E-state index in [9.17, 15) is 9.90 Å². The monoisotopic (exact) mass is 295 g/mol. The minimum Gasteiger partial charge on any atom is -0.480 e. The van der Waals surface area contributed by atoms with E-state index >= 15 is 0 Å². The van der Waals surface area contributed by atoms with Crippen LogP contribution >= 0.6 is 11.8 Å². The van der Waals surface area contributed by atoms with Crippen LogP contribution in [0.2, 0.25) is 0 Å². The minimum atomic E-state index is -0.990. The van der Waals surface area contributed by atoms with Crippen LogP contribution in [0.4, 0.5) is 0 Å². The van der Waals surface area contributed by atoms with Crippen LogP contribution in [0, 0.1) is 0 Å². The zero-order valence-electron chi connectivity index (χ0n) is 12.6. The third-order valence-corrected chi connectivity index (χ3v) is 4.33. The van der Waals surface area contributed by atoms with Gasteiger partial charge >= 0.3 is 5.97 Å². The van der Waals surface area contributed by atoms with Crippen LogP contribution in [-0.4, -0.2) is 28.6 Å². The summed E-state index contributed by atoms with van der Waals surface area (Å²) in [5.74, 6) is 1.12. The Balaban J connectivity index is 2.99. The summed E-state index contributed by atoms with van der Waals surface area (Å²) in [7, 11) is 0. The Labute approximate surface area is 126 Å². The molecular weight excluding hydrogens is 270 g/mol.